The number of nitrogens with zero attached hydrogens (tertiary/aromatic N) is 2. The molecule has 0 radical (unpaired) electrons. The molecule has 1 aromatic heterocycles. The van der Waals surface area contributed by atoms with Gasteiger partial charge in [-0.1, -0.05) is 11.6 Å². The molecule has 7 heteroatoms. The van der Waals surface area contributed by atoms with Crippen LogP contribution in [-0.2, 0) is 9.63 Å². The number of carbonyl (C=O) groups excluding carboxylic acids is 1. The second-order valence-corrected chi connectivity index (χ2v) is 3.10. The van der Waals surface area contributed by atoms with Gasteiger partial charge in [-0.2, -0.15) is 0 Å². The van der Waals surface area contributed by atoms with Crippen molar-refractivity contribution >= 4 is 23.3 Å². The van der Waals surface area contributed by atoms with E-state index in [0.717, 1.165) is 0 Å². The Morgan fingerprint density at radius 3 is 3.21 bits per heavy atom. The summed E-state index contributed by atoms with van der Waals surface area (Å²) in [6.45, 7) is 0.249. The lowest BCUT2D eigenvalue weighted by Gasteiger charge is -2.09. The van der Waals surface area contributed by atoms with E-state index >= 15 is 0 Å². The van der Waals surface area contributed by atoms with Crippen LogP contribution in [0.2, 0.25) is 5.02 Å². The van der Waals surface area contributed by atoms with E-state index in [2.05, 4.69) is 20.8 Å². The highest BCUT2D eigenvalue weighted by molar-refractivity contribution is 6.32. The van der Waals surface area contributed by atoms with Gasteiger partial charge < -0.3 is 5.32 Å². The van der Waals surface area contributed by atoms with E-state index in [4.69, 9.17) is 16.4 Å². The van der Waals surface area contributed by atoms with Crippen molar-refractivity contribution in [2.24, 2.45) is 0 Å². The third kappa shape index (κ3) is 1.75. The van der Waals surface area contributed by atoms with Gasteiger partial charge in [0.1, 0.15) is 29.8 Å². The van der Waals surface area contributed by atoms with Gasteiger partial charge in [-0.05, 0) is 0 Å². The maximum Gasteiger partial charge on any atom is 0.268 e. The molecule has 1 fully saturated rings. The highest BCUT2D eigenvalue weighted by Crippen LogP contribution is 2.17. The number of halogens is 1. The molecule has 1 atom stereocenters. The zero-order chi connectivity index (χ0) is 9.97. The lowest BCUT2D eigenvalue weighted by Crippen LogP contribution is -2.31. The average Bonchev–Trinajstić information content (AvgIpc) is 2.56. The molecule has 1 aliphatic heterocycles. The van der Waals surface area contributed by atoms with E-state index in [1.54, 1.807) is 0 Å². The Hall–Kier alpha value is -1.40. The summed E-state index contributed by atoms with van der Waals surface area (Å²) in [6, 6.07) is -0.456. The highest BCUT2D eigenvalue weighted by Gasteiger charge is 2.26. The molecular formula is C7H7ClN4O2. The molecular weight excluding hydrogens is 208 g/mol. The van der Waals surface area contributed by atoms with Crippen LogP contribution in [0.1, 0.15) is 0 Å². The van der Waals surface area contributed by atoms with Crippen molar-refractivity contribution in [2.75, 3.05) is 11.9 Å². The van der Waals surface area contributed by atoms with E-state index in [9.17, 15) is 4.79 Å². The van der Waals surface area contributed by atoms with Gasteiger partial charge >= 0.3 is 0 Å². The van der Waals surface area contributed by atoms with Crippen LogP contribution in [0.25, 0.3) is 0 Å². The molecule has 0 aromatic carbocycles. The van der Waals surface area contributed by atoms with E-state index in [1.165, 1.54) is 12.5 Å². The Morgan fingerprint density at radius 1 is 1.71 bits per heavy atom. The van der Waals surface area contributed by atoms with E-state index < -0.39 is 6.04 Å². The maximum atomic E-state index is 11.1. The molecule has 1 amide bonds. The minimum atomic E-state index is -0.456. The molecule has 14 heavy (non-hydrogen) atoms. The van der Waals surface area contributed by atoms with E-state index in [0.29, 0.717) is 10.8 Å². The average molecular weight is 215 g/mol. The topological polar surface area (TPSA) is 76.1 Å². The van der Waals surface area contributed by atoms with Gasteiger partial charge in [0.15, 0.2) is 0 Å². The summed E-state index contributed by atoms with van der Waals surface area (Å²) in [6.07, 6.45) is 2.80. The largest absolute Gasteiger partial charge is 0.355 e. The molecule has 0 aliphatic carbocycles. The standard InChI is InChI=1S/C7H7ClN4O2/c8-4-1-9-3-10-6(4)11-5-2-14-12-7(5)13/h1,3,5H,2H2,(H,12,13)(H,9,10,11). The fourth-order valence-corrected chi connectivity index (χ4v) is 1.19. The van der Waals surface area contributed by atoms with Gasteiger partial charge in [0.25, 0.3) is 5.91 Å². The van der Waals surface area contributed by atoms with Crippen LogP contribution in [0, 0.1) is 0 Å². The van der Waals surface area contributed by atoms with Crippen LogP contribution < -0.4 is 10.8 Å². The summed E-state index contributed by atoms with van der Waals surface area (Å²) in [7, 11) is 0. The van der Waals surface area contributed by atoms with Gasteiger partial charge in [0.2, 0.25) is 0 Å². The number of rotatable bonds is 2. The van der Waals surface area contributed by atoms with Crippen molar-refractivity contribution in [1.82, 2.24) is 15.4 Å². The molecule has 1 unspecified atom stereocenters. The van der Waals surface area contributed by atoms with Gasteiger partial charge in [-0.15, -0.1) is 0 Å². The number of nitrogens with one attached hydrogen (secondary N) is 2. The van der Waals surface area contributed by atoms with Gasteiger partial charge in [-0.25, -0.2) is 15.4 Å². The first kappa shape index (κ1) is 9.17. The second kappa shape index (κ2) is 3.77. The quantitative estimate of drug-likeness (QED) is 0.723. The van der Waals surface area contributed by atoms with Crippen molar-refractivity contribution in [3.8, 4) is 0 Å². The third-order valence-corrected chi connectivity index (χ3v) is 1.99. The van der Waals surface area contributed by atoms with Crippen molar-refractivity contribution in [1.29, 1.82) is 0 Å². The van der Waals surface area contributed by atoms with Crippen LogP contribution in [0.15, 0.2) is 12.5 Å². The number of aromatic nitrogens is 2. The van der Waals surface area contributed by atoms with Crippen LogP contribution in [0.5, 0.6) is 0 Å². The van der Waals surface area contributed by atoms with Gasteiger partial charge in [0, 0.05) is 0 Å². The van der Waals surface area contributed by atoms with Crippen molar-refractivity contribution in [2.45, 2.75) is 6.04 Å². The summed E-state index contributed by atoms with van der Waals surface area (Å²) in [4.78, 5) is 23.4. The summed E-state index contributed by atoms with van der Waals surface area (Å²) < 4.78 is 0. The predicted octanol–water partition coefficient (Wildman–Crippen LogP) is -0.0281. The Kier molecular flexibility index (Phi) is 2.47. The molecule has 1 aromatic rings. The number of hydrogen-bond acceptors (Lipinski definition) is 5. The molecule has 1 saturated heterocycles. The smallest absolute Gasteiger partial charge is 0.268 e. The monoisotopic (exact) mass is 214 g/mol. The van der Waals surface area contributed by atoms with E-state index in [1.807, 2.05) is 0 Å². The molecule has 74 valence electrons. The van der Waals surface area contributed by atoms with Gasteiger partial charge in [-0.3, -0.25) is 9.63 Å². The molecule has 0 spiro atoms. The minimum absolute atomic E-state index is 0.236. The van der Waals surface area contributed by atoms with Crippen LogP contribution in [-0.4, -0.2) is 28.5 Å². The number of anilines is 1. The molecule has 2 N–H and O–H groups in total. The summed E-state index contributed by atoms with van der Waals surface area (Å²) in [5.74, 6) is 0.187. The lowest BCUT2D eigenvalue weighted by molar-refractivity contribution is -0.124. The van der Waals surface area contributed by atoms with E-state index in [-0.39, 0.29) is 12.5 Å². The number of hydroxylamine groups is 1. The minimum Gasteiger partial charge on any atom is -0.355 e. The second-order valence-electron chi connectivity index (χ2n) is 2.69. The molecule has 2 heterocycles. The van der Waals surface area contributed by atoms with Crippen molar-refractivity contribution in [3.63, 3.8) is 0 Å². The fraction of sp³-hybridized carbons (Fsp3) is 0.286. The molecule has 2 rings (SSSR count). The molecule has 6 nitrogen and oxygen atoms in total. The Morgan fingerprint density at radius 2 is 2.57 bits per heavy atom. The van der Waals surface area contributed by atoms with Crippen LogP contribution in [0.4, 0.5) is 5.82 Å². The Balaban J connectivity index is 2.10. The third-order valence-electron chi connectivity index (χ3n) is 1.72. The van der Waals surface area contributed by atoms with Crippen molar-refractivity contribution < 1.29 is 9.63 Å². The maximum absolute atomic E-state index is 11.1. The van der Waals surface area contributed by atoms with Crippen LogP contribution >= 0.6 is 11.6 Å². The molecule has 1 aliphatic rings. The number of carbonyl (C=O) groups is 1. The molecule has 0 saturated carbocycles. The number of amides is 1. The zero-order valence-corrected chi connectivity index (χ0v) is 7.78. The SMILES string of the molecule is O=C1NOCC1Nc1ncncc1Cl. The Bertz CT molecular complexity index is 359. The summed E-state index contributed by atoms with van der Waals surface area (Å²) in [5.41, 5.74) is 2.22. The first-order chi connectivity index (χ1) is 6.77. The van der Waals surface area contributed by atoms with Crippen LogP contribution in [0.3, 0.4) is 0 Å². The van der Waals surface area contributed by atoms with Gasteiger partial charge in [0.05, 0.1) is 6.20 Å². The summed E-state index contributed by atoms with van der Waals surface area (Å²) >= 11 is 5.79. The van der Waals surface area contributed by atoms with Crippen molar-refractivity contribution in [3.05, 3.63) is 17.5 Å². The number of hydrogen-bond donors (Lipinski definition) is 2. The summed E-state index contributed by atoms with van der Waals surface area (Å²) in [5, 5.41) is 3.21. The first-order valence-electron chi connectivity index (χ1n) is 3.91. The fourth-order valence-electron chi connectivity index (χ4n) is 1.03. The lowest BCUT2D eigenvalue weighted by atomic mass is 10.3. The zero-order valence-electron chi connectivity index (χ0n) is 7.03. The predicted molar refractivity (Wildman–Crippen MR) is 48.5 cm³/mol. The normalized spacial score (nSPS) is 20.6. The highest BCUT2D eigenvalue weighted by atomic mass is 35.5. The Labute approximate surface area is 84.6 Å². The molecule has 0 bridgehead atoms. The first-order valence-corrected chi connectivity index (χ1v) is 4.29.